The van der Waals surface area contributed by atoms with Crippen LogP contribution in [0.4, 0.5) is 0 Å². The summed E-state index contributed by atoms with van der Waals surface area (Å²) >= 11 is 7.01. The molecule has 2 rings (SSSR count). The molecule has 2 aromatic rings. The van der Waals surface area contributed by atoms with Crippen LogP contribution in [-0.2, 0) is 17.6 Å². The van der Waals surface area contributed by atoms with E-state index in [4.69, 9.17) is 14.2 Å². The van der Waals surface area contributed by atoms with Crippen LogP contribution in [0.5, 0.6) is 11.5 Å². The third-order valence-electron chi connectivity index (χ3n) is 4.63. The molecule has 0 aliphatic heterocycles. The summed E-state index contributed by atoms with van der Waals surface area (Å²) in [4.78, 5) is 0. The summed E-state index contributed by atoms with van der Waals surface area (Å²) in [5.74, 6) is 1.34. The molecule has 0 unspecified atom stereocenters. The molecule has 0 saturated heterocycles. The van der Waals surface area contributed by atoms with Crippen LogP contribution in [0.15, 0.2) is 45.3 Å². The average molecular weight is 546 g/mol. The van der Waals surface area contributed by atoms with E-state index < -0.39 is 12.2 Å². The van der Waals surface area contributed by atoms with Gasteiger partial charge < -0.3 is 24.4 Å². The van der Waals surface area contributed by atoms with Gasteiger partial charge in [0.2, 0.25) is 0 Å². The molecule has 0 radical (unpaired) electrons. The quantitative estimate of drug-likeness (QED) is 0.265. The predicted octanol–water partition coefficient (Wildman–Crippen LogP) is 5.27. The maximum atomic E-state index is 10.7. The second-order valence-electron chi connectivity index (χ2n) is 6.96. The standard InChI is InChI=1S/C23H30Br2O5/c1-3-5-12-29-22-16(8-6-10-18(22)24)13-20(26)21(27)14-17-9-7-11-19(25)23(17)30-15-28-4-2/h6-11,20-21,26-27H,3-5,12-15H2,1-2H3/t20-,21-/m1/s1. The monoisotopic (exact) mass is 544 g/mol. The molecule has 0 fully saturated rings. The molecule has 0 spiro atoms. The van der Waals surface area contributed by atoms with Crippen molar-refractivity contribution in [1.29, 1.82) is 0 Å². The van der Waals surface area contributed by atoms with Crippen molar-refractivity contribution in [3.05, 3.63) is 56.5 Å². The predicted molar refractivity (Wildman–Crippen MR) is 125 cm³/mol. The minimum absolute atomic E-state index is 0.126. The van der Waals surface area contributed by atoms with Crippen LogP contribution >= 0.6 is 31.9 Å². The molecular weight excluding hydrogens is 516 g/mol. The lowest BCUT2D eigenvalue weighted by atomic mass is 9.97. The Kier molecular flexibility index (Phi) is 11.2. The van der Waals surface area contributed by atoms with E-state index in [2.05, 4.69) is 38.8 Å². The van der Waals surface area contributed by atoms with E-state index in [1.165, 1.54) is 0 Å². The number of halogens is 2. The van der Waals surface area contributed by atoms with Crippen molar-refractivity contribution in [3.63, 3.8) is 0 Å². The normalized spacial score (nSPS) is 13.1. The summed E-state index contributed by atoms with van der Waals surface area (Å²) < 4.78 is 18.5. The molecule has 2 aromatic carbocycles. The van der Waals surface area contributed by atoms with Crippen molar-refractivity contribution < 1.29 is 24.4 Å². The molecule has 0 aliphatic carbocycles. The van der Waals surface area contributed by atoms with Gasteiger partial charge in [0, 0.05) is 19.4 Å². The van der Waals surface area contributed by atoms with Gasteiger partial charge in [-0.25, -0.2) is 0 Å². The number of para-hydroxylation sites is 2. The zero-order valence-electron chi connectivity index (χ0n) is 17.4. The number of hydrogen-bond donors (Lipinski definition) is 2. The van der Waals surface area contributed by atoms with Crippen LogP contribution in [0.1, 0.15) is 37.8 Å². The molecule has 0 aromatic heterocycles. The molecule has 0 bridgehead atoms. The minimum atomic E-state index is -0.962. The van der Waals surface area contributed by atoms with Crippen molar-refractivity contribution >= 4 is 31.9 Å². The third kappa shape index (κ3) is 7.54. The Morgan fingerprint density at radius 2 is 1.37 bits per heavy atom. The fraction of sp³-hybridized carbons (Fsp3) is 0.478. The third-order valence-corrected chi connectivity index (χ3v) is 5.88. The molecule has 0 amide bonds. The Morgan fingerprint density at radius 3 is 1.87 bits per heavy atom. The molecule has 0 aliphatic rings. The van der Waals surface area contributed by atoms with E-state index >= 15 is 0 Å². The molecule has 166 valence electrons. The zero-order chi connectivity index (χ0) is 21.9. The smallest absolute Gasteiger partial charge is 0.189 e. The Labute approximate surface area is 195 Å². The Balaban J connectivity index is 2.08. The van der Waals surface area contributed by atoms with E-state index in [9.17, 15) is 10.2 Å². The van der Waals surface area contributed by atoms with E-state index in [0.717, 1.165) is 38.7 Å². The molecule has 7 heteroatoms. The van der Waals surface area contributed by atoms with E-state index in [1.807, 2.05) is 43.3 Å². The molecule has 0 heterocycles. The number of unbranched alkanes of at least 4 members (excludes halogenated alkanes) is 1. The highest BCUT2D eigenvalue weighted by atomic mass is 79.9. The lowest BCUT2D eigenvalue weighted by molar-refractivity contribution is 0.0136. The number of hydrogen-bond acceptors (Lipinski definition) is 5. The van der Waals surface area contributed by atoms with Gasteiger partial charge in [-0.05, 0) is 68.5 Å². The first-order chi connectivity index (χ1) is 14.5. The second-order valence-corrected chi connectivity index (χ2v) is 8.66. The van der Waals surface area contributed by atoms with Crippen molar-refractivity contribution in [1.82, 2.24) is 0 Å². The van der Waals surface area contributed by atoms with Crippen molar-refractivity contribution in [3.8, 4) is 11.5 Å². The van der Waals surface area contributed by atoms with Crippen molar-refractivity contribution in [2.75, 3.05) is 20.0 Å². The van der Waals surface area contributed by atoms with Gasteiger partial charge in [0.05, 0.1) is 27.8 Å². The van der Waals surface area contributed by atoms with Crippen LogP contribution in [0.2, 0.25) is 0 Å². The van der Waals surface area contributed by atoms with Gasteiger partial charge in [-0.1, -0.05) is 37.6 Å². The van der Waals surface area contributed by atoms with Gasteiger partial charge in [0.25, 0.3) is 0 Å². The van der Waals surface area contributed by atoms with Crippen LogP contribution < -0.4 is 9.47 Å². The molecule has 30 heavy (non-hydrogen) atoms. The van der Waals surface area contributed by atoms with E-state index in [0.29, 0.717) is 19.0 Å². The SMILES string of the molecule is CCCCOc1c(Br)cccc1C[C@@H](O)[C@H](O)Cc1cccc(Br)c1OCOCC. The van der Waals surface area contributed by atoms with Crippen molar-refractivity contribution in [2.45, 2.75) is 51.7 Å². The first-order valence-corrected chi connectivity index (χ1v) is 11.8. The Morgan fingerprint density at radius 1 is 0.833 bits per heavy atom. The number of ether oxygens (including phenoxy) is 3. The topological polar surface area (TPSA) is 68.2 Å². The van der Waals surface area contributed by atoms with Gasteiger partial charge in [-0.2, -0.15) is 0 Å². The second kappa shape index (κ2) is 13.3. The van der Waals surface area contributed by atoms with E-state index in [1.54, 1.807) is 0 Å². The summed E-state index contributed by atoms with van der Waals surface area (Å²) in [6, 6.07) is 11.4. The Bertz CT molecular complexity index is 719. The first-order valence-electron chi connectivity index (χ1n) is 10.2. The summed E-state index contributed by atoms with van der Waals surface area (Å²) in [7, 11) is 0. The molecule has 2 N–H and O–H groups in total. The first kappa shape index (κ1) is 25.1. The zero-order valence-corrected chi connectivity index (χ0v) is 20.6. The highest BCUT2D eigenvalue weighted by Gasteiger charge is 2.22. The van der Waals surface area contributed by atoms with Crippen molar-refractivity contribution in [2.24, 2.45) is 0 Å². The molecular formula is C23H30Br2O5. The van der Waals surface area contributed by atoms with Crippen LogP contribution in [-0.4, -0.2) is 42.4 Å². The summed E-state index contributed by atoms with van der Waals surface area (Å²) in [5, 5.41) is 21.4. The summed E-state index contributed by atoms with van der Waals surface area (Å²) in [6.45, 7) is 5.30. The molecule has 2 atom stereocenters. The largest absolute Gasteiger partial charge is 0.492 e. The maximum absolute atomic E-state index is 10.7. The van der Waals surface area contributed by atoms with Gasteiger partial charge in [0.15, 0.2) is 6.79 Å². The maximum Gasteiger partial charge on any atom is 0.189 e. The number of aliphatic hydroxyl groups excluding tert-OH is 2. The fourth-order valence-electron chi connectivity index (χ4n) is 2.98. The minimum Gasteiger partial charge on any atom is -0.492 e. The van der Waals surface area contributed by atoms with E-state index in [-0.39, 0.29) is 19.6 Å². The van der Waals surface area contributed by atoms with Gasteiger partial charge in [-0.3, -0.25) is 0 Å². The van der Waals surface area contributed by atoms with Crippen LogP contribution in [0, 0.1) is 0 Å². The summed E-state index contributed by atoms with van der Waals surface area (Å²) in [5.41, 5.74) is 1.65. The summed E-state index contributed by atoms with van der Waals surface area (Å²) in [6.07, 6.45) is 0.622. The highest BCUT2D eigenvalue weighted by molar-refractivity contribution is 9.10. The molecule has 0 saturated carbocycles. The lowest BCUT2D eigenvalue weighted by Gasteiger charge is -2.21. The van der Waals surface area contributed by atoms with Gasteiger partial charge in [-0.15, -0.1) is 0 Å². The highest BCUT2D eigenvalue weighted by Crippen LogP contribution is 2.32. The molecule has 5 nitrogen and oxygen atoms in total. The van der Waals surface area contributed by atoms with Crippen LogP contribution in [0.25, 0.3) is 0 Å². The fourth-order valence-corrected chi connectivity index (χ4v) is 4.02. The average Bonchev–Trinajstić information content (AvgIpc) is 2.72. The number of benzene rings is 2. The van der Waals surface area contributed by atoms with Gasteiger partial charge in [0.1, 0.15) is 11.5 Å². The number of rotatable bonds is 13. The van der Waals surface area contributed by atoms with Gasteiger partial charge >= 0.3 is 0 Å². The van der Waals surface area contributed by atoms with Crippen LogP contribution in [0.3, 0.4) is 0 Å². The lowest BCUT2D eigenvalue weighted by Crippen LogP contribution is -2.30. The number of aliphatic hydroxyl groups is 2. The Hall–Kier alpha value is -1.12.